The Balaban J connectivity index is 1.98. The zero-order chi connectivity index (χ0) is 19.1. The maximum absolute atomic E-state index is 14.0. The number of halogens is 1. The van der Waals surface area contributed by atoms with Gasteiger partial charge in [-0.05, 0) is 12.1 Å². The fourth-order valence-electron chi connectivity index (χ4n) is 1.89. The van der Waals surface area contributed by atoms with Gasteiger partial charge in [0.1, 0.15) is 13.2 Å². The molecule has 1 aromatic heterocycles. The number of carbonyl (C=O) groups is 2. The summed E-state index contributed by atoms with van der Waals surface area (Å²) in [5.74, 6) is -1.30. The molecule has 9 nitrogen and oxygen atoms in total. The molecule has 0 aliphatic heterocycles. The van der Waals surface area contributed by atoms with Crippen LogP contribution in [0.5, 0.6) is 5.75 Å². The second-order valence-corrected chi connectivity index (χ2v) is 5.53. The van der Waals surface area contributed by atoms with Crippen molar-refractivity contribution in [2.45, 2.75) is 6.54 Å². The topological polar surface area (TPSA) is 98.6 Å². The number of nitrogens with zero attached hydrogens (tertiary/aromatic N) is 4. The first-order chi connectivity index (χ1) is 12.4. The van der Waals surface area contributed by atoms with Crippen LogP contribution in [0.15, 0.2) is 24.4 Å². The van der Waals surface area contributed by atoms with Crippen LogP contribution in [0.25, 0.3) is 0 Å². The van der Waals surface area contributed by atoms with E-state index in [9.17, 15) is 14.0 Å². The van der Waals surface area contributed by atoms with Gasteiger partial charge in [0.2, 0.25) is 5.91 Å². The Hall–Kier alpha value is -3.01. The van der Waals surface area contributed by atoms with E-state index in [-0.39, 0.29) is 36.2 Å². The number of ether oxygens (including phenoxy) is 2. The van der Waals surface area contributed by atoms with Crippen LogP contribution in [-0.4, -0.2) is 66.1 Å². The highest BCUT2D eigenvalue weighted by molar-refractivity contribution is 6.02. The molecule has 0 fully saturated rings. The maximum atomic E-state index is 14.0. The summed E-state index contributed by atoms with van der Waals surface area (Å²) in [5, 5.41) is 9.95. The molecular formula is C16H20FN5O4. The summed E-state index contributed by atoms with van der Waals surface area (Å²) in [4.78, 5) is 25.2. The Morgan fingerprint density at radius 1 is 1.31 bits per heavy atom. The molecule has 0 aliphatic carbocycles. The molecule has 26 heavy (non-hydrogen) atoms. The summed E-state index contributed by atoms with van der Waals surface area (Å²) >= 11 is 0. The number of likely N-dealkylation sites (N-methyl/N-ethyl adjacent to an activating group) is 1. The first-order valence-corrected chi connectivity index (χ1v) is 7.73. The number of rotatable bonds is 8. The van der Waals surface area contributed by atoms with Crippen LogP contribution in [0.1, 0.15) is 10.5 Å². The molecule has 0 saturated heterocycles. The van der Waals surface area contributed by atoms with Crippen molar-refractivity contribution in [1.82, 2.24) is 19.9 Å². The van der Waals surface area contributed by atoms with Crippen molar-refractivity contribution >= 4 is 17.5 Å². The number of benzene rings is 1. The van der Waals surface area contributed by atoms with Gasteiger partial charge in [0.15, 0.2) is 17.3 Å². The summed E-state index contributed by atoms with van der Waals surface area (Å²) < 4.78 is 25.2. The predicted molar refractivity (Wildman–Crippen MR) is 90.4 cm³/mol. The van der Waals surface area contributed by atoms with E-state index in [1.54, 1.807) is 14.1 Å². The van der Waals surface area contributed by atoms with Crippen LogP contribution >= 0.6 is 0 Å². The molecule has 0 atom stereocenters. The average molecular weight is 365 g/mol. The number of amides is 2. The number of hydrogen-bond donors (Lipinski definition) is 1. The fourth-order valence-corrected chi connectivity index (χ4v) is 1.89. The van der Waals surface area contributed by atoms with E-state index in [1.807, 2.05) is 0 Å². The van der Waals surface area contributed by atoms with Gasteiger partial charge in [-0.15, -0.1) is 5.10 Å². The quantitative estimate of drug-likeness (QED) is 0.694. The second kappa shape index (κ2) is 8.90. The molecule has 10 heteroatoms. The third kappa shape index (κ3) is 5.24. The fraction of sp³-hybridized carbons (Fsp3) is 0.375. The molecule has 0 aliphatic rings. The molecule has 1 N–H and O–H groups in total. The third-order valence-corrected chi connectivity index (χ3v) is 3.30. The zero-order valence-electron chi connectivity index (χ0n) is 14.7. The second-order valence-electron chi connectivity index (χ2n) is 5.53. The monoisotopic (exact) mass is 365 g/mol. The van der Waals surface area contributed by atoms with Crippen molar-refractivity contribution in [3.8, 4) is 5.75 Å². The van der Waals surface area contributed by atoms with Crippen molar-refractivity contribution < 1.29 is 23.5 Å². The SMILES string of the molecule is COCCOc1ccc(NC(=O)c2cn(CC(=O)N(C)C)nn2)cc1F. The first-order valence-electron chi connectivity index (χ1n) is 7.73. The van der Waals surface area contributed by atoms with Crippen LogP contribution in [0.2, 0.25) is 0 Å². The first kappa shape index (κ1) is 19.3. The number of hydrogen-bond acceptors (Lipinski definition) is 6. The van der Waals surface area contributed by atoms with E-state index < -0.39 is 11.7 Å². The van der Waals surface area contributed by atoms with Crippen molar-refractivity contribution in [3.05, 3.63) is 35.9 Å². The van der Waals surface area contributed by atoms with E-state index in [0.29, 0.717) is 6.61 Å². The Bertz CT molecular complexity index is 778. The molecule has 1 aromatic carbocycles. The van der Waals surface area contributed by atoms with Crippen LogP contribution in [0, 0.1) is 5.82 Å². The van der Waals surface area contributed by atoms with Crippen LogP contribution in [-0.2, 0) is 16.1 Å². The largest absolute Gasteiger partial charge is 0.488 e. The lowest BCUT2D eigenvalue weighted by atomic mass is 10.2. The Morgan fingerprint density at radius 3 is 2.73 bits per heavy atom. The summed E-state index contributed by atoms with van der Waals surface area (Å²) in [7, 11) is 4.75. The van der Waals surface area contributed by atoms with Crippen molar-refractivity contribution in [2.75, 3.05) is 39.7 Å². The van der Waals surface area contributed by atoms with Gasteiger partial charge in [-0.25, -0.2) is 9.07 Å². The lowest BCUT2D eigenvalue weighted by molar-refractivity contribution is -0.129. The average Bonchev–Trinajstić information content (AvgIpc) is 3.05. The van der Waals surface area contributed by atoms with E-state index in [2.05, 4.69) is 15.6 Å². The van der Waals surface area contributed by atoms with Gasteiger partial charge in [-0.3, -0.25) is 9.59 Å². The van der Waals surface area contributed by atoms with Crippen LogP contribution in [0.3, 0.4) is 0 Å². The van der Waals surface area contributed by atoms with E-state index >= 15 is 0 Å². The van der Waals surface area contributed by atoms with Gasteiger partial charge >= 0.3 is 0 Å². The Kier molecular flexibility index (Phi) is 6.61. The summed E-state index contributed by atoms with van der Waals surface area (Å²) in [6, 6.07) is 4.05. The molecule has 0 unspecified atom stereocenters. The zero-order valence-corrected chi connectivity index (χ0v) is 14.7. The number of methoxy groups -OCH3 is 1. The van der Waals surface area contributed by atoms with E-state index in [4.69, 9.17) is 9.47 Å². The highest BCUT2D eigenvalue weighted by Crippen LogP contribution is 2.21. The van der Waals surface area contributed by atoms with Crippen LogP contribution in [0.4, 0.5) is 10.1 Å². The molecule has 2 aromatic rings. The highest BCUT2D eigenvalue weighted by Gasteiger charge is 2.14. The van der Waals surface area contributed by atoms with Gasteiger partial charge in [0.25, 0.3) is 5.91 Å². The number of aromatic nitrogens is 3. The Labute approximate surface area is 149 Å². The van der Waals surface area contributed by atoms with Gasteiger partial charge in [0, 0.05) is 33.0 Å². The number of nitrogens with one attached hydrogen (secondary N) is 1. The minimum absolute atomic E-state index is 0.0115. The molecule has 0 bridgehead atoms. The van der Waals surface area contributed by atoms with Gasteiger partial charge in [-0.1, -0.05) is 5.21 Å². The standard InChI is InChI=1S/C16H20FN5O4/c1-21(2)15(23)10-22-9-13(19-20-22)16(24)18-11-4-5-14(12(17)8-11)26-7-6-25-3/h4-5,8-9H,6-7,10H2,1-3H3,(H,18,24). The minimum atomic E-state index is -0.612. The molecule has 1 heterocycles. The summed E-state index contributed by atoms with van der Waals surface area (Å²) in [6.45, 7) is 0.521. The highest BCUT2D eigenvalue weighted by atomic mass is 19.1. The molecule has 2 amide bonds. The summed E-state index contributed by atoms with van der Waals surface area (Å²) in [6.07, 6.45) is 1.34. The molecule has 0 saturated carbocycles. The number of carbonyl (C=O) groups excluding carboxylic acids is 2. The van der Waals surface area contributed by atoms with E-state index in [1.165, 1.54) is 35.0 Å². The minimum Gasteiger partial charge on any atom is -0.488 e. The lowest BCUT2D eigenvalue weighted by Crippen LogP contribution is -2.26. The maximum Gasteiger partial charge on any atom is 0.277 e. The van der Waals surface area contributed by atoms with Gasteiger partial charge in [-0.2, -0.15) is 0 Å². The molecule has 2 rings (SSSR count). The molecular weight excluding hydrogens is 345 g/mol. The van der Waals surface area contributed by atoms with Crippen molar-refractivity contribution in [2.24, 2.45) is 0 Å². The van der Waals surface area contributed by atoms with Crippen molar-refractivity contribution in [1.29, 1.82) is 0 Å². The molecule has 140 valence electrons. The van der Waals surface area contributed by atoms with Gasteiger partial charge < -0.3 is 19.7 Å². The smallest absolute Gasteiger partial charge is 0.277 e. The predicted octanol–water partition coefficient (Wildman–Crippen LogP) is 0.783. The van der Waals surface area contributed by atoms with Gasteiger partial charge in [0.05, 0.1) is 12.8 Å². The van der Waals surface area contributed by atoms with Crippen LogP contribution < -0.4 is 10.1 Å². The molecule has 0 spiro atoms. The third-order valence-electron chi connectivity index (χ3n) is 3.30. The Morgan fingerprint density at radius 2 is 2.08 bits per heavy atom. The summed E-state index contributed by atoms with van der Waals surface area (Å²) in [5.41, 5.74) is 0.253. The van der Waals surface area contributed by atoms with Crippen molar-refractivity contribution in [3.63, 3.8) is 0 Å². The lowest BCUT2D eigenvalue weighted by Gasteiger charge is -2.09. The molecule has 0 radical (unpaired) electrons. The number of anilines is 1. The van der Waals surface area contributed by atoms with E-state index in [0.717, 1.165) is 6.07 Å². The normalized spacial score (nSPS) is 10.5.